The Hall–Kier alpha value is -1.59. The fraction of sp³-hybridized carbons (Fsp3) is 0.812. The van der Waals surface area contributed by atoms with E-state index < -0.39 is 11.9 Å². The van der Waals surface area contributed by atoms with Crippen LogP contribution in [0.15, 0.2) is 0 Å². The summed E-state index contributed by atoms with van der Waals surface area (Å²) >= 11 is 0. The summed E-state index contributed by atoms with van der Waals surface area (Å²) in [4.78, 5) is 36.8. The summed E-state index contributed by atoms with van der Waals surface area (Å²) < 4.78 is 0. The third-order valence-electron chi connectivity index (χ3n) is 4.94. The van der Waals surface area contributed by atoms with Gasteiger partial charge in [0.05, 0.1) is 12.5 Å². The minimum Gasteiger partial charge on any atom is -0.481 e. The number of hydrogen-bond acceptors (Lipinski definition) is 3. The van der Waals surface area contributed by atoms with Crippen LogP contribution in [0.5, 0.6) is 0 Å². The van der Waals surface area contributed by atoms with Crippen LogP contribution in [0.4, 0.5) is 0 Å². The van der Waals surface area contributed by atoms with Gasteiger partial charge in [0, 0.05) is 19.0 Å². The van der Waals surface area contributed by atoms with E-state index >= 15 is 0 Å². The second kappa shape index (κ2) is 7.61. The fourth-order valence-electron chi connectivity index (χ4n) is 3.48. The largest absolute Gasteiger partial charge is 0.481 e. The molecule has 0 aromatic rings. The van der Waals surface area contributed by atoms with Gasteiger partial charge >= 0.3 is 5.97 Å². The number of piperidine rings is 1. The van der Waals surface area contributed by atoms with Crippen molar-refractivity contribution < 1.29 is 19.5 Å². The molecule has 2 aliphatic rings. The summed E-state index contributed by atoms with van der Waals surface area (Å²) in [5.41, 5.74) is 0. The average Bonchev–Trinajstić information content (AvgIpc) is 2.97. The monoisotopic (exact) mass is 310 g/mol. The van der Waals surface area contributed by atoms with Gasteiger partial charge in [-0.15, -0.1) is 0 Å². The van der Waals surface area contributed by atoms with Gasteiger partial charge in [0.25, 0.3) is 0 Å². The molecule has 6 heteroatoms. The Labute approximate surface area is 131 Å². The topological polar surface area (TPSA) is 86.7 Å². The van der Waals surface area contributed by atoms with E-state index in [9.17, 15) is 14.4 Å². The number of amides is 2. The molecule has 0 bridgehead atoms. The molecule has 1 aliphatic carbocycles. The van der Waals surface area contributed by atoms with Crippen LogP contribution >= 0.6 is 0 Å². The normalized spacial score (nSPS) is 26.0. The van der Waals surface area contributed by atoms with Crippen molar-refractivity contribution in [2.45, 2.75) is 57.9 Å². The van der Waals surface area contributed by atoms with E-state index in [0.29, 0.717) is 25.2 Å². The molecule has 1 saturated heterocycles. The van der Waals surface area contributed by atoms with Crippen LogP contribution in [0, 0.1) is 11.8 Å². The fourth-order valence-corrected chi connectivity index (χ4v) is 3.48. The highest BCUT2D eigenvalue weighted by Gasteiger charge is 2.32. The molecule has 124 valence electrons. The van der Waals surface area contributed by atoms with Crippen molar-refractivity contribution in [3.63, 3.8) is 0 Å². The number of carboxylic acid groups (broad SMARTS) is 1. The maximum atomic E-state index is 12.2. The van der Waals surface area contributed by atoms with Crippen molar-refractivity contribution in [2.75, 3.05) is 13.1 Å². The number of carboxylic acids is 1. The van der Waals surface area contributed by atoms with E-state index in [1.165, 1.54) is 12.8 Å². The van der Waals surface area contributed by atoms with Crippen molar-refractivity contribution in [3.05, 3.63) is 0 Å². The molecule has 0 aromatic carbocycles. The molecular formula is C16H26N2O4. The van der Waals surface area contributed by atoms with Gasteiger partial charge in [-0.3, -0.25) is 14.4 Å². The number of nitrogens with zero attached hydrogens (tertiary/aromatic N) is 1. The van der Waals surface area contributed by atoms with Crippen LogP contribution in [0.3, 0.4) is 0 Å². The highest BCUT2D eigenvalue weighted by molar-refractivity contribution is 5.85. The Balaban J connectivity index is 1.77. The summed E-state index contributed by atoms with van der Waals surface area (Å²) in [5, 5.41) is 11.8. The van der Waals surface area contributed by atoms with Gasteiger partial charge < -0.3 is 15.3 Å². The first-order valence-corrected chi connectivity index (χ1v) is 8.26. The molecule has 2 rings (SSSR count). The maximum absolute atomic E-state index is 12.2. The van der Waals surface area contributed by atoms with Crippen molar-refractivity contribution in [3.8, 4) is 0 Å². The second-order valence-electron chi connectivity index (χ2n) is 6.64. The van der Waals surface area contributed by atoms with Gasteiger partial charge in [0.15, 0.2) is 0 Å². The quantitative estimate of drug-likeness (QED) is 0.803. The van der Waals surface area contributed by atoms with E-state index in [0.717, 1.165) is 12.8 Å². The van der Waals surface area contributed by atoms with Gasteiger partial charge in [-0.2, -0.15) is 0 Å². The van der Waals surface area contributed by atoms with Crippen LogP contribution in [0.1, 0.15) is 51.9 Å². The zero-order chi connectivity index (χ0) is 16.1. The number of carbonyl (C=O) groups is 3. The zero-order valence-electron chi connectivity index (χ0n) is 13.2. The first kappa shape index (κ1) is 16.8. The highest BCUT2D eigenvalue weighted by Crippen LogP contribution is 2.27. The summed E-state index contributed by atoms with van der Waals surface area (Å²) in [7, 11) is 0. The summed E-state index contributed by atoms with van der Waals surface area (Å²) in [5.74, 6) is -1.14. The van der Waals surface area contributed by atoms with Crippen molar-refractivity contribution >= 4 is 17.8 Å². The summed E-state index contributed by atoms with van der Waals surface area (Å²) in [6.45, 7) is 2.15. The predicted octanol–water partition coefficient (Wildman–Crippen LogP) is 1.39. The van der Waals surface area contributed by atoms with Crippen molar-refractivity contribution in [1.82, 2.24) is 10.2 Å². The molecule has 22 heavy (non-hydrogen) atoms. The van der Waals surface area contributed by atoms with Gasteiger partial charge in [-0.05, 0) is 38.5 Å². The number of rotatable bonds is 5. The minimum atomic E-state index is -0.852. The van der Waals surface area contributed by atoms with E-state index in [1.54, 1.807) is 4.90 Å². The summed E-state index contributed by atoms with van der Waals surface area (Å²) in [6, 6.07) is 0.0369. The predicted molar refractivity (Wildman–Crippen MR) is 81.1 cm³/mol. The van der Waals surface area contributed by atoms with E-state index in [4.69, 9.17) is 5.11 Å². The number of aliphatic carboxylic acids is 1. The third-order valence-corrected chi connectivity index (χ3v) is 4.94. The highest BCUT2D eigenvalue weighted by atomic mass is 16.4. The lowest BCUT2D eigenvalue weighted by atomic mass is 9.93. The first-order valence-electron chi connectivity index (χ1n) is 8.26. The van der Waals surface area contributed by atoms with E-state index in [2.05, 4.69) is 5.32 Å². The Morgan fingerprint density at radius 2 is 1.82 bits per heavy atom. The molecule has 1 aliphatic heterocycles. The van der Waals surface area contributed by atoms with E-state index in [1.807, 2.05) is 6.92 Å². The SMILES string of the molecule is CC1CCC(C(=O)O)CN1C(=O)CNC(=O)CC1CCCC1. The van der Waals surface area contributed by atoms with Crippen LogP contribution in [0.25, 0.3) is 0 Å². The standard InChI is InChI=1S/C16H26N2O4/c1-11-6-7-13(16(21)22)10-18(11)15(20)9-17-14(19)8-12-4-2-3-5-12/h11-13H,2-10H2,1H3,(H,17,19)(H,21,22). The first-order chi connectivity index (χ1) is 10.5. The number of likely N-dealkylation sites (tertiary alicyclic amines) is 1. The molecule has 2 N–H and O–H groups in total. The number of hydrogen-bond donors (Lipinski definition) is 2. The average molecular weight is 310 g/mol. The molecule has 2 atom stereocenters. The smallest absolute Gasteiger partial charge is 0.308 e. The lowest BCUT2D eigenvalue weighted by Gasteiger charge is -2.36. The Bertz CT molecular complexity index is 432. The van der Waals surface area contributed by atoms with Gasteiger partial charge in [0.2, 0.25) is 11.8 Å². The zero-order valence-corrected chi connectivity index (χ0v) is 13.2. The molecule has 0 aromatic heterocycles. The number of carbonyl (C=O) groups excluding carboxylic acids is 2. The van der Waals surface area contributed by atoms with Gasteiger partial charge in [0.1, 0.15) is 0 Å². The molecule has 2 unspecified atom stereocenters. The molecule has 0 spiro atoms. The van der Waals surface area contributed by atoms with Crippen LogP contribution < -0.4 is 5.32 Å². The van der Waals surface area contributed by atoms with Crippen LogP contribution in [-0.2, 0) is 14.4 Å². The second-order valence-corrected chi connectivity index (χ2v) is 6.64. The molecule has 1 heterocycles. The Kier molecular flexibility index (Phi) is 5.80. The number of nitrogens with one attached hydrogen (secondary N) is 1. The molecule has 2 fully saturated rings. The van der Waals surface area contributed by atoms with Crippen molar-refractivity contribution in [2.24, 2.45) is 11.8 Å². The Morgan fingerprint density at radius 3 is 2.45 bits per heavy atom. The Morgan fingerprint density at radius 1 is 1.14 bits per heavy atom. The van der Waals surface area contributed by atoms with Gasteiger partial charge in [-0.1, -0.05) is 12.8 Å². The molecule has 0 radical (unpaired) electrons. The van der Waals surface area contributed by atoms with Crippen LogP contribution in [-0.4, -0.2) is 46.9 Å². The maximum Gasteiger partial charge on any atom is 0.308 e. The van der Waals surface area contributed by atoms with Crippen LogP contribution in [0.2, 0.25) is 0 Å². The minimum absolute atomic E-state index is 0.0256. The molecule has 6 nitrogen and oxygen atoms in total. The van der Waals surface area contributed by atoms with Gasteiger partial charge in [-0.25, -0.2) is 0 Å². The molecule has 1 saturated carbocycles. The summed E-state index contributed by atoms with van der Waals surface area (Å²) in [6.07, 6.45) is 6.39. The van der Waals surface area contributed by atoms with Crippen molar-refractivity contribution in [1.29, 1.82) is 0 Å². The lowest BCUT2D eigenvalue weighted by molar-refractivity contribution is -0.147. The van der Waals surface area contributed by atoms with E-state index in [-0.39, 0.29) is 30.9 Å². The third kappa shape index (κ3) is 4.45. The molecule has 2 amide bonds. The lowest BCUT2D eigenvalue weighted by Crippen LogP contribution is -2.50. The molecular weight excluding hydrogens is 284 g/mol.